The molecule has 1 atom stereocenters. The van der Waals surface area contributed by atoms with Crippen LogP contribution in [0.15, 0.2) is 66.9 Å². The molecule has 0 aliphatic rings. The second kappa shape index (κ2) is 7.77. The molecule has 0 saturated heterocycles. The van der Waals surface area contributed by atoms with Crippen molar-refractivity contribution in [2.75, 3.05) is 6.54 Å². The maximum atomic E-state index is 12.5. The van der Waals surface area contributed by atoms with Gasteiger partial charge in [-0.05, 0) is 12.0 Å². The van der Waals surface area contributed by atoms with Crippen molar-refractivity contribution >= 4 is 5.91 Å². The van der Waals surface area contributed by atoms with E-state index >= 15 is 0 Å². The van der Waals surface area contributed by atoms with Crippen LogP contribution < -0.4 is 5.32 Å². The van der Waals surface area contributed by atoms with E-state index in [9.17, 15) is 9.90 Å². The van der Waals surface area contributed by atoms with Gasteiger partial charge in [-0.15, -0.1) is 0 Å². The molecule has 5 heteroatoms. The lowest BCUT2D eigenvalue weighted by Gasteiger charge is -2.11. The van der Waals surface area contributed by atoms with E-state index in [1.807, 2.05) is 60.7 Å². The fourth-order valence-corrected chi connectivity index (χ4v) is 2.72. The molecule has 0 unspecified atom stereocenters. The minimum atomic E-state index is -0.594. The van der Waals surface area contributed by atoms with Crippen LogP contribution in [0.1, 0.15) is 28.4 Å². The number of hydrogen-bond acceptors (Lipinski definition) is 3. The Morgan fingerprint density at radius 3 is 2.44 bits per heavy atom. The summed E-state index contributed by atoms with van der Waals surface area (Å²) in [4.78, 5) is 12.5. The predicted molar refractivity (Wildman–Crippen MR) is 97.0 cm³/mol. The highest BCUT2D eigenvalue weighted by Crippen LogP contribution is 2.21. The van der Waals surface area contributed by atoms with Crippen molar-refractivity contribution in [2.45, 2.75) is 12.5 Å². The quantitative estimate of drug-likeness (QED) is 0.728. The molecule has 2 N–H and O–H groups in total. The molecule has 25 heavy (non-hydrogen) atoms. The summed E-state index contributed by atoms with van der Waals surface area (Å²) in [6.45, 7) is 0.387. The number of nitrogens with one attached hydrogen (secondary N) is 1. The summed E-state index contributed by atoms with van der Waals surface area (Å²) in [6.07, 6.45) is 1.58. The van der Waals surface area contributed by atoms with Crippen LogP contribution in [0.2, 0.25) is 0 Å². The van der Waals surface area contributed by atoms with Crippen molar-refractivity contribution in [2.24, 2.45) is 7.05 Å². The molecule has 1 aromatic heterocycles. The van der Waals surface area contributed by atoms with Gasteiger partial charge in [0.1, 0.15) is 5.69 Å². The second-order valence-electron chi connectivity index (χ2n) is 5.90. The summed E-state index contributed by atoms with van der Waals surface area (Å²) in [5.41, 5.74) is 2.94. The zero-order valence-electron chi connectivity index (χ0n) is 14.1. The molecule has 0 radical (unpaired) electrons. The highest BCUT2D eigenvalue weighted by molar-refractivity contribution is 5.99. The van der Waals surface area contributed by atoms with Gasteiger partial charge in [0.2, 0.25) is 0 Å². The zero-order valence-corrected chi connectivity index (χ0v) is 14.1. The van der Waals surface area contributed by atoms with Gasteiger partial charge in [0.15, 0.2) is 0 Å². The number of benzene rings is 2. The summed E-state index contributed by atoms with van der Waals surface area (Å²) in [6, 6.07) is 19.1. The molecule has 0 aliphatic heterocycles. The molecular formula is C20H21N3O2. The van der Waals surface area contributed by atoms with Gasteiger partial charge in [0.05, 0.1) is 11.7 Å². The van der Waals surface area contributed by atoms with Crippen molar-refractivity contribution in [3.05, 3.63) is 78.0 Å². The number of aliphatic hydroxyl groups is 1. The van der Waals surface area contributed by atoms with Gasteiger partial charge < -0.3 is 10.4 Å². The molecule has 1 heterocycles. The Morgan fingerprint density at radius 1 is 1.12 bits per heavy atom. The van der Waals surface area contributed by atoms with Gasteiger partial charge in [0.25, 0.3) is 5.91 Å². The number of hydrogen-bond donors (Lipinski definition) is 2. The van der Waals surface area contributed by atoms with E-state index in [1.165, 1.54) is 0 Å². The van der Waals surface area contributed by atoms with Gasteiger partial charge in [-0.1, -0.05) is 60.7 Å². The Balaban J connectivity index is 1.64. The van der Waals surface area contributed by atoms with E-state index in [2.05, 4.69) is 10.4 Å². The van der Waals surface area contributed by atoms with E-state index in [0.717, 1.165) is 11.1 Å². The monoisotopic (exact) mass is 335 g/mol. The van der Waals surface area contributed by atoms with Crippen LogP contribution >= 0.6 is 0 Å². The first-order chi connectivity index (χ1) is 12.1. The van der Waals surface area contributed by atoms with Crippen LogP contribution in [0.3, 0.4) is 0 Å². The smallest absolute Gasteiger partial charge is 0.255 e. The van der Waals surface area contributed by atoms with Crippen LogP contribution in [-0.2, 0) is 7.05 Å². The van der Waals surface area contributed by atoms with Crippen LogP contribution in [0.5, 0.6) is 0 Å². The first-order valence-electron chi connectivity index (χ1n) is 8.25. The fraction of sp³-hybridized carbons (Fsp3) is 0.200. The Labute approximate surface area is 146 Å². The third-order valence-corrected chi connectivity index (χ3v) is 4.01. The lowest BCUT2D eigenvalue weighted by atomic mass is 10.1. The maximum Gasteiger partial charge on any atom is 0.255 e. The summed E-state index contributed by atoms with van der Waals surface area (Å²) < 4.78 is 1.63. The normalized spacial score (nSPS) is 11.9. The first kappa shape index (κ1) is 16.9. The van der Waals surface area contributed by atoms with E-state index in [1.54, 1.807) is 17.9 Å². The van der Waals surface area contributed by atoms with Crippen LogP contribution in [-0.4, -0.2) is 27.3 Å². The first-order valence-corrected chi connectivity index (χ1v) is 8.25. The molecule has 1 amide bonds. The molecule has 0 bridgehead atoms. The number of rotatable bonds is 6. The van der Waals surface area contributed by atoms with E-state index < -0.39 is 6.10 Å². The van der Waals surface area contributed by atoms with Crippen molar-refractivity contribution in [1.82, 2.24) is 15.1 Å². The standard InChI is InChI=1S/C20H21N3O2/c1-23-14-17(19(22-23)16-10-6-3-7-11-16)20(25)21-13-12-18(24)15-8-4-2-5-9-15/h2-11,14,18,24H,12-13H2,1H3,(H,21,25)/t18-/m0/s1. The SMILES string of the molecule is Cn1cc(C(=O)NCC[C@H](O)c2ccccc2)c(-c2ccccc2)n1. The van der Waals surface area contributed by atoms with Gasteiger partial charge in [-0.2, -0.15) is 5.10 Å². The lowest BCUT2D eigenvalue weighted by Crippen LogP contribution is -2.25. The van der Waals surface area contributed by atoms with Gasteiger partial charge in [-0.3, -0.25) is 9.48 Å². The van der Waals surface area contributed by atoms with E-state index in [4.69, 9.17) is 0 Å². The molecule has 0 spiro atoms. The van der Waals surface area contributed by atoms with Crippen molar-refractivity contribution < 1.29 is 9.90 Å². The Bertz CT molecular complexity index is 829. The van der Waals surface area contributed by atoms with Crippen molar-refractivity contribution in [1.29, 1.82) is 0 Å². The maximum absolute atomic E-state index is 12.5. The average Bonchev–Trinajstić information content (AvgIpc) is 3.05. The third-order valence-electron chi connectivity index (χ3n) is 4.01. The number of carbonyl (C=O) groups is 1. The number of aryl methyl sites for hydroxylation is 1. The molecule has 2 aromatic carbocycles. The number of carbonyl (C=O) groups excluding carboxylic acids is 1. The Hall–Kier alpha value is -2.92. The van der Waals surface area contributed by atoms with E-state index in [0.29, 0.717) is 24.2 Å². The molecule has 0 fully saturated rings. The number of aromatic nitrogens is 2. The van der Waals surface area contributed by atoms with Gasteiger partial charge in [0, 0.05) is 25.4 Å². The summed E-state index contributed by atoms with van der Waals surface area (Å²) in [5.74, 6) is -0.188. The third kappa shape index (κ3) is 4.14. The fourth-order valence-electron chi connectivity index (χ4n) is 2.72. The molecule has 128 valence electrons. The number of nitrogens with zero attached hydrogens (tertiary/aromatic N) is 2. The summed E-state index contributed by atoms with van der Waals surface area (Å²) in [5, 5.41) is 17.4. The Morgan fingerprint density at radius 2 is 1.76 bits per heavy atom. The van der Waals surface area contributed by atoms with Crippen molar-refractivity contribution in [3.8, 4) is 11.3 Å². The van der Waals surface area contributed by atoms with Gasteiger partial charge >= 0.3 is 0 Å². The zero-order chi connectivity index (χ0) is 17.6. The van der Waals surface area contributed by atoms with Crippen LogP contribution in [0.25, 0.3) is 11.3 Å². The molecule has 5 nitrogen and oxygen atoms in total. The minimum absolute atomic E-state index is 0.188. The highest BCUT2D eigenvalue weighted by atomic mass is 16.3. The molecule has 3 rings (SSSR count). The molecule has 0 aliphatic carbocycles. The molecule has 0 saturated carbocycles. The number of aliphatic hydroxyl groups excluding tert-OH is 1. The lowest BCUT2D eigenvalue weighted by molar-refractivity contribution is 0.0943. The topological polar surface area (TPSA) is 67.2 Å². The second-order valence-corrected chi connectivity index (χ2v) is 5.90. The Kier molecular flexibility index (Phi) is 5.26. The minimum Gasteiger partial charge on any atom is -0.388 e. The van der Waals surface area contributed by atoms with Crippen LogP contribution in [0.4, 0.5) is 0 Å². The van der Waals surface area contributed by atoms with Crippen LogP contribution in [0, 0.1) is 0 Å². The highest BCUT2D eigenvalue weighted by Gasteiger charge is 2.17. The molecule has 3 aromatic rings. The average molecular weight is 335 g/mol. The summed E-state index contributed by atoms with van der Waals surface area (Å²) in [7, 11) is 1.79. The van der Waals surface area contributed by atoms with Gasteiger partial charge in [-0.25, -0.2) is 0 Å². The summed E-state index contributed by atoms with van der Waals surface area (Å²) >= 11 is 0. The number of amides is 1. The predicted octanol–water partition coefficient (Wildman–Crippen LogP) is 2.94. The van der Waals surface area contributed by atoms with E-state index in [-0.39, 0.29) is 5.91 Å². The van der Waals surface area contributed by atoms with Crippen molar-refractivity contribution in [3.63, 3.8) is 0 Å². The molecular weight excluding hydrogens is 314 g/mol. The largest absolute Gasteiger partial charge is 0.388 e.